The third kappa shape index (κ3) is 3.70. The summed E-state index contributed by atoms with van der Waals surface area (Å²) in [5, 5.41) is 20.1. The van der Waals surface area contributed by atoms with Crippen LogP contribution in [-0.4, -0.2) is 37.3 Å². The van der Waals surface area contributed by atoms with E-state index in [0.717, 1.165) is 0 Å². The number of nitriles is 1. The summed E-state index contributed by atoms with van der Waals surface area (Å²) in [4.78, 5) is 13.7. The molecular formula is C15H18FN3O2. The zero-order chi connectivity index (χ0) is 15.2. The molecule has 1 aliphatic heterocycles. The van der Waals surface area contributed by atoms with Crippen molar-refractivity contribution < 1.29 is 14.3 Å². The number of hydrogen-bond donors (Lipinski definition) is 2. The van der Waals surface area contributed by atoms with E-state index < -0.39 is 5.82 Å². The van der Waals surface area contributed by atoms with Crippen LogP contribution in [0.4, 0.5) is 10.1 Å². The zero-order valence-electron chi connectivity index (χ0n) is 11.7. The van der Waals surface area contributed by atoms with Crippen LogP contribution in [-0.2, 0) is 4.79 Å². The maximum Gasteiger partial charge on any atom is 0.223 e. The van der Waals surface area contributed by atoms with E-state index in [0.29, 0.717) is 37.2 Å². The lowest BCUT2D eigenvalue weighted by atomic mass is 9.95. The number of nitrogens with zero attached hydrogens (tertiary/aromatic N) is 2. The molecule has 1 fully saturated rings. The Morgan fingerprint density at radius 1 is 1.48 bits per heavy atom. The van der Waals surface area contributed by atoms with Gasteiger partial charge >= 0.3 is 0 Å². The minimum Gasteiger partial charge on any atom is -0.395 e. The van der Waals surface area contributed by atoms with Crippen molar-refractivity contribution in [3.63, 3.8) is 0 Å². The highest BCUT2D eigenvalue weighted by Crippen LogP contribution is 2.26. The Balaban J connectivity index is 1.95. The van der Waals surface area contributed by atoms with Gasteiger partial charge in [0.05, 0.1) is 23.9 Å². The number of aliphatic hydroxyl groups is 1. The van der Waals surface area contributed by atoms with Gasteiger partial charge in [0.1, 0.15) is 5.82 Å². The molecule has 0 unspecified atom stereocenters. The van der Waals surface area contributed by atoms with Gasteiger partial charge in [-0.15, -0.1) is 0 Å². The fourth-order valence-corrected chi connectivity index (χ4v) is 2.54. The molecule has 0 radical (unpaired) electrons. The number of halogens is 1. The molecule has 0 aromatic heterocycles. The molecule has 21 heavy (non-hydrogen) atoms. The van der Waals surface area contributed by atoms with Gasteiger partial charge < -0.3 is 15.3 Å². The highest BCUT2D eigenvalue weighted by Gasteiger charge is 2.25. The minimum atomic E-state index is -0.405. The Morgan fingerprint density at radius 3 is 2.76 bits per heavy atom. The summed E-state index contributed by atoms with van der Waals surface area (Å²) in [6, 6.07) is 6.35. The average molecular weight is 291 g/mol. The van der Waals surface area contributed by atoms with E-state index >= 15 is 0 Å². The second-order valence-electron chi connectivity index (χ2n) is 5.05. The molecular weight excluding hydrogens is 273 g/mol. The van der Waals surface area contributed by atoms with E-state index in [9.17, 15) is 9.18 Å². The van der Waals surface area contributed by atoms with Crippen LogP contribution in [0.1, 0.15) is 18.4 Å². The lowest BCUT2D eigenvalue weighted by molar-refractivity contribution is -0.125. The van der Waals surface area contributed by atoms with Crippen LogP contribution in [0.15, 0.2) is 18.2 Å². The van der Waals surface area contributed by atoms with Crippen molar-refractivity contribution in [2.24, 2.45) is 5.92 Å². The third-order valence-corrected chi connectivity index (χ3v) is 3.69. The summed E-state index contributed by atoms with van der Waals surface area (Å²) in [5.74, 6) is -0.546. The maximum absolute atomic E-state index is 13.9. The molecule has 1 aromatic carbocycles. The molecule has 2 rings (SSSR count). The Bertz CT molecular complexity index is 548. The molecule has 1 heterocycles. The number of amides is 1. The monoisotopic (exact) mass is 291 g/mol. The van der Waals surface area contributed by atoms with Gasteiger partial charge in [-0.2, -0.15) is 5.26 Å². The van der Waals surface area contributed by atoms with Crippen LogP contribution in [0.2, 0.25) is 0 Å². The molecule has 1 aliphatic rings. The molecule has 0 atom stereocenters. The number of anilines is 1. The van der Waals surface area contributed by atoms with E-state index in [1.165, 1.54) is 6.07 Å². The van der Waals surface area contributed by atoms with Crippen LogP contribution >= 0.6 is 0 Å². The van der Waals surface area contributed by atoms with Crippen molar-refractivity contribution in [2.75, 3.05) is 31.1 Å². The van der Waals surface area contributed by atoms with Crippen molar-refractivity contribution in [1.82, 2.24) is 5.32 Å². The molecule has 1 amide bonds. The summed E-state index contributed by atoms with van der Waals surface area (Å²) in [5.41, 5.74) is 0.776. The maximum atomic E-state index is 13.9. The van der Waals surface area contributed by atoms with Crippen molar-refractivity contribution in [1.29, 1.82) is 5.26 Å². The molecule has 6 heteroatoms. The quantitative estimate of drug-likeness (QED) is 0.868. The average Bonchev–Trinajstić information content (AvgIpc) is 2.52. The van der Waals surface area contributed by atoms with Crippen molar-refractivity contribution >= 4 is 11.6 Å². The van der Waals surface area contributed by atoms with Crippen molar-refractivity contribution in [3.8, 4) is 6.07 Å². The van der Waals surface area contributed by atoms with E-state index in [4.69, 9.17) is 10.4 Å². The van der Waals surface area contributed by atoms with Gasteiger partial charge in [0.15, 0.2) is 0 Å². The molecule has 5 nitrogen and oxygen atoms in total. The van der Waals surface area contributed by atoms with E-state index in [1.807, 2.05) is 11.0 Å². The Hall–Kier alpha value is -2.13. The summed E-state index contributed by atoms with van der Waals surface area (Å²) < 4.78 is 13.9. The van der Waals surface area contributed by atoms with Gasteiger partial charge in [0.25, 0.3) is 0 Å². The standard InChI is InChI=1S/C15H18FN3O2/c16-13-9-11(10-17)1-2-14(13)19-6-3-12(4-7-19)15(21)18-5-8-20/h1-2,9,12,20H,3-8H2,(H,18,21). The number of piperidine rings is 1. The molecule has 0 aliphatic carbocycles. The third-order valence-electron chi connectivity index (χ3n) is 3.69. The number of benzene rings is 1. The second kappa shape index (κ2) is 7.04. The summed E-state index contributed by atoms with van der Waals surface area (Å²) in [6.45, 7) is 1.39. The number of carbonyl (C=O) groups is 1. The van der Waals surface area contributed by atoms with E-state index in [-0.39, 0.29) is 25.0 Å². The number of carbonyl (C=O) groups excluding carboxylic acids is 1. The van der Waals surface area contributed by atoms with Crippen LogP contribution in [0, 0.1) is 23.1 Å². The van der Waals surface area contributed by atoms with Gasteiger partial charge in [0, 0.05) is 25.6 Å². The van der Waals surface area contributed by atoms with Crippen LogP contribution in [0.3, 0.4) is 0 Å². The van der Waals surface area contributed by atoms with Crippen LogP contribution in [0.25, 0.3) is 0 Å². The van der Waals surface area contributed by atoms with Gasteiger partial charge in [0.2, 0.25) is 5.91 Å². The van der Waals surface area contributed by atoms with E-state index in [1.54, 1.807) is 12.1 Å². The molecule has 2 N–H and O–H groups in total. The first kappa shape index (κ1) is 15.3. The van der Waals surface area contributed by atoms with Gasteiger partial charge in [-0.3, -0.25) is 4.79 Å². The summed E-state index contributed by atoms with van der Waals surface area (Å²) in [6.07, 6.45) is 1.30. The Morgan fingerprint density at radius 2 is 2.19 bits per heavy atom. The van der Waals surface area contributed by atoms with Gasteiger partial charge in [-0.1, -0.05) is 0 Å². The first-order valence-electron chi connectivity index (χ1n) is 6.99. The minimum absolute atomic E-state index is 0.0519. The van der Waals surface area contributed by atoms with Crippen molar-refractivity contribution in [3.05, 3.63) is 29.6 Å². The predicted octanol–water partition coefficient (Wildman–Crippen LogP) is 1.02. The second-order valence-corrected chi connectivity index (χ2v) is 5.05. The number of aliphatic hydroxyl groups excluding tert-OH is 1. The summed E-state index contributed by atoms with van der Waals surface area (Å²) in [7, 11) is 0. The topological polar surface area (TPSA) is 76.4 Å². The smallest absolute Gasteiger partial charge is 0.223 e. The SMILES string of the molecule is N#Cc1ccc(N2CCC(C(=O)NCCO)CC2)c(F)c1. The number of nitrogens with one attached hydrogen (secondary N) is 1. The summed E-state index contributed by atoms with van der Waals surface area (Å²) >= 11 is 0. The molecule has 0 bridgehead atoms. The highest BCUT2D eigenvalue weighted by molar-refractivity contribution is 5.79. The Labute approximate surface area is 123 Å². The highest BCUT2D eigenvalue weighted by atomic mass is 19.1. The first-order chi connectivity index (χ1) is 10.2. The Kier molecular flexibility index (Phi) is 5.12. The molecule has 0 spiro atoms. The van der Waals surface area contributed by atoms with Gasteiger partial charge in [-0.05, 0) is 31.0 Å². The normalized spacial score (nSPS) is 15.6. The number of hydrogen-bond acceptors (Lipinski definition) is 4. The van der Waals surface area contributed by atoms with E-state index in [2.05, 4.69) is 5.32 Å². The predicted molar refractivity (Wildman–Crippen MR) is 76.1 cm³/mol. The lowest BCUT2D eigenvalue weighted by Gasteiger charge is -2.33. The largest absolute Gasteiger partial charge is 0.395 e. The molecule has 0 saturated carbocycles. The fraction of sp³-hybridized carbons (Fsp3) is 0.467. The molecule has 1 saturated heterocycles. The lowest BCUT2D eigenvalue weighted by Crippen LogP contribution is -2.41. The fourth-order valence-electron chi connectivity index (χ4n) is 2.54. The first-order valence-corrected chi connectivity index (χ1v) is 6.99. The van der Waals surface area contributed by atoms with Gasteiger partial charge in [-0.25, -0.2) is 4.39 Å². The van der Waals surface area contributed by atoms with Crippen LogP contribution < -0.4 is 10.2 Å². The van der Waals surface area contributed by atoms with Crippen LogP contribution in [0.5, 0.6) is 0 Å². The number of rotatable bonds is 4. The van der Waals surface area contributed by atoms with Crippen molar-refractivity contribution in [2.45, 2.75) is 12.8 Å². The zero-order valence-corrected chi connectivity index (χ0v) is 11.7. The molecule has 112 valence electrons. The molecule has 1 aromatic rings.